The second-order valence-electron chi connectivity index (χ2n) is 22.3. The molecule has 0 aliphatic carbocycles. The van der Waals surface area contributed by atoms with Gasteiger partial charge < -0.3 is 68.6 Å². The van der Waals surface area contributed by atoms with Gasteiger partial charge in [0.2, 0.25) is 14.9 Å². The van der Waals surface area contributed by atoms with Crippen molar-refractivity contribution >= 4 is 64.9 Å². The number of fused-ring (bicyclic) bond motifs is 2. The number of aliphatic hydroxyl groups excluding tert-OH is 1. The van der Waals surface area contributed by atoms with Crippen LogP contribution in [0.1, 0.15) is 123 Å². The number of hydrogen-bond donors (Lipinski definition) is 8. The number of aliphatic hydroxyl groups is 1. The molecule has 2 aliphatic rings. The topological polar surface area (TPSA) is 373 Å². The summed E-state index contributed by atoms with van der Waals surface area (Å²) >= 11 is 0. The predicted molar refractivity (Wildman–Crippen MR) is 341 cm³/mol. The van der Waals surface area contributed by atoms with Crippen LogP contribution in [0.5, 0.6) is 23.0 Å². The molecule has 90 heavy (non-hydrogen) atoms. The molecule has 0 bridgehead atoms. The second kappa shape index (κ2) is 38.5. The van der Waals surface area contributed by atoms with Crippen LogP contribution in [0.3, 0.4) is 0 Å². The molecule has 1 amide bonds. The van der Waals surface area contributed by atoms with E-state index >= 15 is 0 Å². The normalized spacial score (nSPS) is 14.3. The number of rotatable bonds is 34. The lowest BCUT2D eigenvalue weighted by Crippen LogP contribution is -2.43. The maximum absolute atomic E-state index is 13.6. The SMILES string of the molecule is CCOC(=O)[C@H](C)NP(=O)(CCN)N[C@@H](C)C(=O)OCC.CCOC(=O)[C@H](C)NP(=O)(CCNC(=O)OC/C(C)=C/Cc1c(O)c2c(c(C)c1OC)COC2=O)N[C@@H](C)C(=O)OCC.COc1c(C)c2c(c(OCC[Si](C)(C)C)c1C/C=C(\C)CO)C(=O)OC2. The van der Waals surface area contributed by atoms with Gasteiger partial charge in [-0.05, 0) is 119 Å². The molecule has 0 saturated carbocycles. The standard InChI is InChI=1S/C28H42N3O11P.C20H30O5Si.C12H26N3O5P/c1-8-39-25(33)18(5)30-43(37,31-19(6)26(34)40-9-2)13-12-29-28(36)42-14-16(3)10-11-20-23(32)22-21(15-41-27(22)35)17(4)24(20)38-7;1-13(11-21)7-8-15-18(23-3)14(2)16-12-25-20(22)17(16)19(15)24-9-10-26(4,5)6;1-5-19-11(16)9(3)14-21(18,8-7-13)15-10(4)12(17)20-6-2/h10,18-19,32H,8-9,11-15H2,1-7H3,(H,29,36)(H2,30,31,37);7,21H,8-12H2,1-6H3;9-10H,5-8,13H2,1-4H3,(H2,14,15,18)/b16-10+;13-7+;/t18-,19-;;9-,10-/m0.0/s1. The largest absolute Gasteiger partial charge is 0.507 e. The van der Waals surface area contributed by atoms with Crippen LogP contribution < -0.4 is 45.6 Å². The van der Waals surface area contributed by atoms with Crippen molar-refractivity contribution in [1.29, 1.82) is 0 Å². The summed E-state index contributed by atoms with van der Waals surface area (Å²) in [4.78, 5) is 84.2. The fourth-order valence-corrected chi connectivity index (χ4v) is 14.0. The zero-order chi connectivity index (χ0) is 68.3. The first-order valence-corrected chi connectivity index (χ1v) is 37.3. The molecule has 27 nitrogen and oxygen atoms in total. The van der Waals surface area contributed by atoms with E-state index in [-0.39, 0.29) is 102 Å². The van der Waals surface area contributed by atoms with Crippen molar-refractivity contribution in [2.45, 2.75) is 159 Å². The number of benzene rings is 2. The first kappa shape index (κ1) is 79.7. The van der Waals surface area contributed by atoms with Gasteiger partial charge in [-0.25, -0.2) is 34.7 Å². The predicted octanol–water partition coefficient (Wildman–Crippen LogP) is 6.96. The Morgan fingerprint density at radius 3 is 1.44 bits per heavy atom. The molecular formula is C60H98N6O21P2Si. The number of ether oxygens (including phenoxy) is 10. The Hall–Kier alpha value is -6.35. The van der Waals surface area contributed by atoms with Gasteiger partial charge >= 0.3 is 41.9 Å². The average molecular weight is 1330 g/mol. The Morgan fingerprint density at radius 2 is 1.03 bits per heavy atom. The first-order chi connectivity index (χ1) is 42.3. The highest BCUT2D eigenvalue weighted by atomic mass is 31.2. The molecule has 0 fully saturated rings. The van der Waals surface area contributed by atoms with Crippen molar-refractivity contribution in [3.05, 3.63) is 67.8 Å². The van der Waals surface area contributed by atoms with Crippen LogP contribution in [-0.2, 0) is 87.5 Å². The summed E-state index contributed by atoms with van der Waals surface area (Å²) in [6, 6.07) is -2.46. The van der Waals surface area contributed by atoms with Crippen LogP contribution in [0.2, 0.25) is 25.7 Å². The lowest BCUT2D eigenvalue weighted by Gasteiger charge is -2.26. The molecule has 0 radical (unpaired) electrons. The molecule has 2 aromatic rings. The van der Waals surface area contributed by atoms with Gasteiger partial charge in [0.1, 0.15) is 78.1 Å². The molecule has 2 aliphatic heterocycles. The number of phenolic OH excluding ortho intramolecular Hbond substituents is 1. The lowest BCUT2D eigenvalue weighted by atomic mass is 9.95. The highest BCUT2D eigenvalue weighted by molar-refractivity contribution is 7.60. The van der Waals surface area contributed by atoms with Crippen LogP contribution in [-0.4, -0.2) is 170 Å². The molecule has 4 atom stereocenters. The highest BCUT2D eigenvalue weighted by Crippen LogP contribution is 2.45. The number of alkyl carbamates (subject to hydrolysis) is 1. The molecule has 2 heterocycles. The molecule has 0 saturated heterocycles. The summed E-state index contributed by atoms with van der Waals surface area (Å²) < 4.78 is 78.8. The Balaban J connectivity index is 0.000000500. The van der Waals surface area contributed by atoms with Crippen molar-refractivity contribution < 1.29 is 100 Å². The van der Waals surface area contributed by atoms with E-state index in [1.807, 2.05) is 19.9 Å². The minimum atomic E-state index is -3.60. The quantitative estimate of drug-likeness (QED) is 0.0115. The minimum absolute atomic E-state index is 0.0000939. The third kappa shape index (κ3) is 24.7. The number of nitrogens with two attached hydrogens (primary N) is 1. The monoisotopic (exact) mass is 1330 g/mol. The molecule has 508 valence electrons. The lowest BCUT2D eigenvalue weighted by molar-refractivity contribution is -0.145. The van der Waals surface area contributed by atoms with Crippen LogP contribution in [0.15, 0.2) is 23.3 Å². The van der Waals surface area contributed by atoms with Gasteiger partial charge in [-0.1, -0.05) is 37.4 Å². The van der Waals surface area contributed by atoms with E-state index < -0.39 is 83.1 Å². The summed E-state index contributed by atoms with van der Waals surface area (Å²) in [7, 11) is -4.98. The molecular weight excluding hydrogens is 1230 g/mol. The molecule has 4 rings (SSSR count). The number of nitrogens with one attached hydrogen (secondary N) is 5. The number of aromatic hydroxyl groups is 1. The third-order valence-electron chi connectivity index (χ3n) is 13.7. The summed E-state index contributed by atoms with van der Waals surface area (Å²) in [6.45, 7) is 28.5. The number of carbonyl (C=O) groups excluding carboxylic acids is 7. The number of allylic oxidation sites excluding steroid dienone is 2. The molecule has 0 spiro atoms. The van der Waals surface area contributed by atoms with Gasteiger partial charge in [-0.2, -0.15) is 0 Å². The van der Waals surface area contributed by atoms with Crippen molar-refractivity contribution in [2.24, 2.45) is 5.73 Å². The van der Waals surface area contributed by atoms with E-state index in [9.17, 15) is 52.9 Å². The van der Waals surface area contributed by atoms with Crippen LogP contribution in [0, 0.1) is 13.8 Å². The molecule has 9 N–H and O–H groups in total. The minimum Gasteiger partial charge on any atom is -0.507 e. The van der Waals surface area contributed by atoms with Gasteiger partial charge in [0.15, 0.2) is 0 Å². The van der Waals surface area contributed by atoms with Crippen molar-refractivity contribution in [2.75, 3.05) is 85.9 Å². The van der Waals surface area contributed by atoms with Crippen LogP contribution in [0.25, 0.3) is 0 Å². The Morgan fingerprint density at radius 1 is 0.633 bits per heavy atom. The number of methoxy groups -OCH3 is 2. The van der Waals surface area contributed by atoms with Crippen LogP contribution in [0.4, 0.5) is 4.79 Å². The number of carbonyl (C=O) groups is 7. The van der Waals surface area contributed by atoms with E-state index in [2.05, 4.69) is 45.3 Å². The van der Waals surface area contributed by atoms with Crippen LogP contribution >= 0.6 is 14.9 Å². The van der Waals surface area contributed by atoms with Crippen molar-refractivity contribution in [3.8, 4) is 23.0 Å². The molecule has 30 heteroatoms. The Labute approximate surface area is 530 Å². The maximum Gasteiger partial charge on any atom is 0.407 e. The van der Waals surface area contributed by atoms with E-state index in [0.29, 0.717) is 52.4 Å². The zero-order valence-electron chi connectivity index (χ0n) is 55.4. The molecule has 0 unspecified atom stereocenters. The maximum atomic E-state index is 13.6. The fraction of sp³-hybridized carbons (Fsp3) is 0.617. The number of hydrogen-bond acceptors (Lipinski definition) is 22. The Bertz CT molecular complexity index is 2910. The van der Waals surface area contributed by atoms with Gasteiger partial charge in [-0.3, -0.25) is 28.3 Å². The molecule has 2 aromatic carbocycles. The summed E-state index contributed by atoms with van der Waals surface area (Å²) in [6.07, 6.45) is 3.55. The number of amides is 1. The van der Waals surface area contributed by atoms with Crippen molar-refractivity contribution in [3.63, 3.8) is 0 Å². The van der Waals surface area contributed by atoms with E-state index in [1.54, 1.807) is 54.7 Å². The van der Waals surface area contributed by atoms with Gasteiger partial charge in [0, 0.05) is 55.7 Å². The number of cyclic esters (lactones) is 2. The third-order valence-corrected chi connectivity index (χ3v) is 20.3. The van der Waals surface area contributed by atoms with E-state index in [0.717, 1.165) is 34.1 Å². The smallest absolute Gasteiger partial charge is 0.407 e. The zero-order valence-corrected chi connectivity index (χ0v) is 58.2. The van der Waals surface area contributed by atoms with Gasteiger partial charge in [-0.15, -0.1) is 0 Å². The highest BCUT2D eigenvalue weighted by Gasteiger charge is 2.36. The van der Waals surface area contributed by atoms with E-state index in [1.165, 1.54) is 34.8 Å². The van der Waals surface area contributed by atoms with Gasteiger partial charge in [0.05, 0.1) is 53.9 Å². The van der Waals surface area contributed by atoms with E-state index in [4.69, 9.17) is 53.1 Å². The van der Waals surface area contributed by atoms with Gasteiger partial charge in [0.25, 0.3) is 0 Å². The number of phenols is 1. The first-order valence-electron chi connectivity index (χ1n) is 29.9. The fourth-order valence-electron chi connectivity index (χ4n) is 8.92. The van der Waals surface area contributed by atoms with Crippen molar-refractivity contribution in [1.82, 2.24) is 25.7 Å². The summed E-state index contributed by atoms with van der Waals surface area (Å²) in [5, 5.41) is 33.3. The average Bonchev–Trinajstić information content (AvgIpc) is 1.54. The molecule has 0 aromatic heterocycles. The second-order valence-corrected chi connectivity index (χ2v) is 32.8. The Kier molecular flexibility index (Phi) is 34.1. The number of esters is 6. The summed E-state index contributed by atoms with van der Waals surface area (Å²) in [5.74, 6) is -1.66. The summed E-state index contributed by atoms with van der Waals surface area (Å²) in [5.41, 5.74) is 11.9.